The molecule has 0 spiro atoms. The number of ether oxygens (including phenoxy) is 1. The Bertz CT molecular complexity index is 384. The van der Waals surface area contributed by atoms with Crippen molar-refractivity contribution in [3.8, 4) is 5.75 Å². The third-order valence-electron chi connectivity index (χ3n) is 2.24. The summed E-state index contributed by atoms with van der Waals surface area (Å²) in [6, 6.07) is 6.89. The van der Waals surface area contributed by atoms with Gasteiger partial charge in [0, 0.05) is 5.03 Å². The molecule has 0 saturated heterocycles. The van der Waals surface area contributed by atoms with E-state index in [1.807, 2.05) is 0 Å². The van der Waals surface area contributed by atoms with Gasteiger partial charge in [-0.15, -0.1) is 0 Å². The first-order valence-electron chi connectivity index (χ1n) is 4.74. The third-order valence-corrected chi connectivity index (χ3v) is 2.40. The Balaban J connectivity index is 2.92. The molecular formula is C12H13ClO3. The number of halogens is 1. The van der Waals surface area contributed by atoms with Gasteiger partial charge in [0.1, 0.15) is 5.75 Å². The van der Waals surface area contributed by atoms with Crippen molar-refractivity contribution < 1.29 is 14.6 Å². The van der Waals surface area contributed by atoms with Crippen LogP contribution >= 0.6 is 11.6 Å². The summed E-state index contributed by atoms with van der Waals surface area (Å²) in [5.74, 6) is -0.875. The number of rotatable bonds is 5. The van der Waals surface area contributed by atoms with Crippen LogP contribution in [0.4, 0.5) is 0 Å². The van der Waals surface area contributed by atoms with Crippen molar-refractivity contribution in [3.63, 3.8) is 0 Å². The molecule has 16 heavy (non-hydrogen) atoms. The van der Waals surface area contributed by atoms with Crippen LogP contribution in [0.2, 0.25) is 0 Å². The number of carboxylic acid groups (broad SMARTS) is 1. The van der Waals surface area contributed by atoms with Crippen LogP contribution in [0.3, 0.4) is 0 Å². The lowest BCUT2D eigenvalue weighted by molar-refractivity contribution is -0.138. The van der Waals surface area contributed by atoms with Crippen LogP contribution in [0.5, 0.6) is 5.75 Å². The predicted molar refractivity (Wildman–Crippen MR) is 63.0 cm³/mol. The lowest BCUT2D eigenvalue weighted by Gasteiger charge is -2.12. The van der Waals surface area contributed by atoms with Gasteiger partial charge in [0.05, 0.1) is 13.0 Å². The van der Waals surface area contributed by atoms with Crippen LogP contribution in [0.1, 0.15) is 17.9 Å². The highest BCUT2D eigenvalue weighted by atomic mass is 35.5. The molecule has 0 heterocycles. The summed E-state index contributed by atoms with van der Waals surface area (Å²) in [4.78, 5) is 11.1. The van der Waals surface area contributed by atoms with Gasteiger partial charge < -0.3 is 9.84 Å². The van der Waals surface area contributed by atoms with Crippen molar-refractivity contribution in [1.82, 2.24) is 0 Å². The maximum absolute atomic E-state index is 11.1. The number of methoxy groups -OCH3 is 1. The van der Waals surface area contributed by atoms with Crippen molar-refractivity contribution in [1.29, 1.82) is 0 Å². The number of hydrogen-bond acceptors (Lipinski definition) is 2. The van der Waals surface area contributed by atoms with Gasteiger partial charge in [-0.2, -0.15) is 0 Å². The summed E-state index contributed by atoms with van der Waals surface area (Å²) in [5, 5.41) is 9.41. The predicted octanol–water partition coefficient (Wildman–Crippen LogP) is 3.01. The van der Waals surface area contributed by atoms with Gasteiger partial charge in [0.2, 0.25) is 0 Å². The van der Waals surface area contributed by atoms with Gasteiger partial charge >= 0.3 is 5.97 Å². The summed E-state index contributed by atoms with van der Waals surface area (Å²) in [5.41, 5.74) is 0.690. The molecule has 1 aromatic carbocycles. The molecule has 0 amide bonds. The number of benzene rings is 1. The van der Waals surface area contributed by atoms with E-state index in [-0.39, 0.29) is 6.42 Å². The molecule has 4 heteroatoms. The standard InChI is InChI=1S/C12H13ClO3/c1-8(13)7-11(12(14)15)9-3-5-10(16-2)6-4-9/h3-6,11H,1,7H2,2H3,(H,14,15). The lowest BCUT2D eigenvalue weighted by Crippen LogP contribution is -2.11. The van der Waals surface area contributed by atoms with Crippen molar-refractivity contribution >= 4 is 17.6 Å². The number of aliphatic carboxylic acids is 1. The number of hydrogen-bond donors (Lipinski definition) is 1. The molecular weight excluding hydrogens is 228 g/mol. The van der Waals surface area contributed by atoms with E-state index in [1.165, 1.54) is 0 Å². The van der Waals surface area contributed by atoms with Gasteiger partial charge in [-0.1, -0.05) is 30.3 Å². The minimum atomic E-state index is -0.910. The number of carbonyl (C=O) groups is 1. The van der Waals surface area contributed by atoms with E-state index in [0.29, 0.717) is 16.3 Å². The van der Waals surface area contributed by atoms with Gasteiger partial charge in [-0.25, -0.2) is 0 Å². The molecule has 0 aromatic heterocycles. The average Bonchev–Trinajstić information content (AvgIpc) is 2.25. The monoisotopic (exact) mass is 240 g/mol. The highest BCUT2D eigenvalue weighted by molar-refractivity contribution is 6.29. The van der Waals surface area contributed by atoms with Crippen LogP contribution in [0.15, 0.2) is 35.9 Å². The quantitative estimate of drug-likeness (QED) is 0.861. The molecule has 86 valence electrons. The fourth-order valence-corrected chi connectivity index (χ4v) is 1.56. The maximum Gasteiger partial charge on any atom is 0.311 e. The van der Waals surface area contributed by atoms with Crippen molar-refractivity contribution in [2.45, 2.75) is 12.3 Å². The molecule has 0 radical (unpaired) electrons. The molecule has 0 fully saturated rings. The van der Waals surface area contributed by atoms with Crippen LogP contribution in [-0.2, 0) is 4.79 Å². The first-order chi connectivity index (χ1) is 7.54. The fourth-order valence-electron chi connectivity index (χ4n) is 1.41. The Kier molecular flexibility index (Phi) is 4.38. The zero-order valence-electron chi connectivity index (χ0n) is 8.94. The van der Waals surface area contributed by atoms with E-state index < -0.39 is 11.9 Å². The summed E-state index contributed by atoms with van der Waals surface area (Å²) in [7, 11) is 1.56. The van der Waals surface area contributed by atoms with Crippen LogP contribution in [-0.4, -0.2) is 18.2 Å². The summed E-state index contributed by atoms with van der Waals surface area (Å²) < 4.78 is 5.00. The van der Waals surface area contributed by atoms with Gasteiger partial charge in [-0.05, 0) is 24.1 Å². The fraction of sp³-hybridized carbons (Fsp3) is 0.250. The Morgan fingerprint density at radius 3 is 2.44 bits per heavy atom. The second kappa shape index (κ2) is 5.56. The molecule has 1 rings (SSSR count). The molecule has 0 bridgehead atoms. The Morgan fingerprint density at radius 1 is 1.50 bits per heavy atom. The molecule has 0 aliphatic carbocycles. The van der Waals surface area contributed by atoms with E-state index >= 15 is 0 Å². The van der Waals surface area contributed by atoms with Crippen molar-refractivity contribution in [2.75, 3.05) is 7.11 Å². The zero-order chi connectivity index (χ0) is 12.1. The zero-order valence-corrected chi connectivity index (χ0v) is 9.70. The lowest BCUT2D eigenvalue weighted by atomic mass is 9.96. The van der Waals surface area contributed by atoms with E-state index in [0.717, 1.165) is 0 Å². The van der Waals surface area contributed by atoms with Gasteiger partial charge in [0.15, 0.2) is 0 Å². The topological polar surface area (TPSA) is 46.5 Å². The SMILES string of the molecule is C=C(Cl)CC(C(=O)O)c1ccc(OC)cc1. The van der Waals surface area contributed by atoms with Crippen molar-refractivity contribution in [3.05, 3.63) is 41.4 Å². The van der Waals surface area contributed by atoms with Gasteiger partial charge in [0.25, 0.3) is 0 Å². The summed E-state index contributed by atoms with van der Waals surface area (Å²) in [6.07, 6.45) is 0.225. The minimum absolute atomic E-state index is 0.225. The molecule has 1 unspecified atom stereocenters. The smallest absolute Gasteiger partial charge is 0.311 e. The van der Waals surface area contributed by atoms with Gasteiger partial charge in [-0.3, -0.25) is 4.79 Å². The van der Waals surface area contributed by atoms with Crippen LogP contribution < -0.4 is 4.74 Å². The first-order valence-corrected chi connectivity index (χ1v) is 5.12. The van der Waals surface area contributed by atoms with Crippen LogP contribution in [0, 0.1) is 0 Å². The molecule has 1 N–H and O–H groups in total. The molecule has 0 aliphatic rings. The van der Waals surface area contributed by atoms with Crippen LogP contribution in [0.25, 0.3) is 0 Å². The Hall–Kier alpha value is -1.48. The van der Waals surface area contributed by atoms with Crippen molar-refractivity contribution in [2.24, 2.45) is 0 Å². The largest absolute Gasteiger partial charge is 0.497 e. The maximum atomic E-state index is 11.1. The van der Waals surface area contributed by atoms with E-state index in [1.54, 1.807) is 31.4 Å². The molecule has 0 aliphatic heterocycles. The van der Waals surface area contributed by atoms with E-state index in [2.05, 4.69) is 6.58 Å². The van der Waals surface area contributed by atoms with E-state index in [4.69, 9.17) is 21.4 Å². The first kappa shape index (κ1) is 12.6. The summed E-state index contributed by atoms with van der Waals surface area (Å²) in [6.45, 7) is 3.51. The summed E-state index contributed by atoms with van der Waals surface area (Å²) >= 11 is 5.64. The normalized spacial score (nSPS) is 11.9. The molecule has 1 aromatic rings. The highest BCUT2D eigenvalue weighted by Gasteiger charge is 2.20. The van der Waals surface area contributed by atoms with E-state index in [9.17, 15) is 4.79 Å². The second-order valence-corrected chi connectivity index (χ2v) is 3.92. The molecule has 0 saturated carbocycles. The Labute approximate surface area is 99.3 Å². The molecule has 3 nitrogen and oxygen atoms in total. The number of allylic oxidation sites excluding steroid dienone is 1. The highest BCUT2D eigenvalue weighted by Crippen LogP contribution is 2.26. The average molecular weight is 241 g/mol. The third kappa shape index (κ3) is 3.28. The second-order valence-electron chi connectivity index (χ2n) is 3.39. The molecule has 1 atom stereocenters. The minimum Gasteiger partial charge on any atom is -0.497 e. The Morgan fingerprint density at radius 2 is 2.06 bits per heavy atom. The number of carboxylic acids is 1.